The highest BCUT2D eigenvalue weighted by molar-refractivity contribution is 6.99. The molecular weight excluding hydrogens is 865 g/mol. The van der Waals surface area contributed by atoms with E-state index in [9.17, 15) is 29.0 Å². The van der Waals surface area contributed by atoms with E-state index in [4.69, 9.17) is 28.4 Å². The second-order valence-electron chi connectivity index (χ2n) is 17.5. The zero-order valence-corrected chi connectivity index (χ0v) is 39.7. The van der Waals surface area contributed by atoms with Crippen molar-refractivity contribution < 1.29 is 47.6 Å². The van der Waals surface area contributed by atoms with E-state index in [1.54, 1.807) is 6.92 Å². The number of aromatic nitrogens is 4. The standard InChI is InChI=1S/C20H33N5O6S.C19H31N5O6S/c1-6-15(26)20(5,24-28)16(27)13-30-14(11-21-19(2,3)4)12-31-18-17(22-32-23-18)25-7-9-29-10-8-25;1-18(2,3)20-10-13(29-12-14(25)15(26)19(4,5)23-27)11-30-17-16(21-31-22-17)24-6-8-28-9-7-24/h14,21H,6-13H2,1-5H3;13,20H,6-12H2,1-5H3. The number of rotatable bonds is 25. The lowest BCUT2D eigenvalue weighted by Gasteiger charge is -2.28. The summed E-state index contributed by atoms with van der Waals surface area (Å²) >= 11 is 2.11. The van der Waals surface area contributed by atoms with E-state index in [1.807, 2.05) is 51.3 Å². The van der Waals surface area contributed by atoms with Crippen molar-refractivity contribution in [2.24, 2.45) is 10.4 Å². The van der Waals surface area contributed by atoms with Crippen LogP contribution in [0, 0.1) is 9.81 Å². The minimum atomic E-state index is -1.94. The molecule has 0 amide bonds. The number of carbonyl (C=O) groups excluding carboxylic acids is 4. The molecule has 22 nitrogen and oxygen atoms in total. The molecule has 0 bridgehead atoms. The SMILES string of the molecule is CC(C)(C)NCC(COc1nsnc1N1CCOCC1)OCC(=O)C(=O)C(C)(C)N=O.CCC(=O)C(C)(N=O)C(=O)COC(CNC(C)(C)C)COc1nsnc1N1CCOCC1. The maximum Gasteiger partial charge on any atom is 0.270 e. The van der Waals surface area contributed by atoms with Crippen molar-refractivity contribution >= 4 is 58.2 Å². The van der Waals surface area contributed by atoms with Crippen LogP contribution >= 0.6 is 23.5 Å². The van der Waals surface area contributed by atoms with E-state index in [2.05, 4.69) is 38.5 Å². The van der Waals surface area contributed by atoms with Crippen molar-refractivity contribution in [1.29, 1.82) is 0 Å². The van der Waals surface area contributed by atoms with Gasteiger partial charge in [0.15, 0.2) is 17.1 Å². The lowest BCUT2D eigenvalue weighted by Crippen LogP contribution is -2.47. The summed E-state index contributed by atoms with van der Waals surface area (Å²) in [6.07, 6.45) is -1.04. The molecule has 24 heteroatoms. The Hall–Kier alpha value is -4.04. The highest BCUT2D eigenvalue weighted by atomic mass is 32.1. The van der Waals surface area contributed by atoms with Crippen molar-refractivity contribution in [2.45, 2.75) is 110 Å². The van der Waals surface area contributed by atoms with Gasteiger partial charge in [-0.05, 0) is 67.5 Å². The summed E-state index contributed by atoms with van der Waals surface area (Å²) < 4.78 is 51.0. The van der Waals surface area contributed by atoms with Crippen molar-refractivity contribution in [3.63, 3.8) is 0 Å². The zero-order valence-electron chi connectivity index (χ0n) is 38.1. The topological polar surface area (TPSA) is 265 Å². The lowest BCUT2D eigenvalue weighted by atomic mass is 9.91. The van der Waals surface area contributed by atoms with E-state index in [0.29, 0.717) is 89.1 Å². The van der Waals surface area contributed by atoms with Gasteiger partial charge in [-0.25, -0.2) is 0 Å². The predicted octanol–water partition coefficient (Wildman–Crippen LogP) is 2.81. The van der Waals surface area contributed by atoms with Crippen LogP contribution in [0.5, 0.6) is 11.8 Å². The molecule has 354 valence electrons. The second-order valence-corrected chi connectivity index (χ2v) is 18.6. The van der Waals surface area contributed by atoms with Gasteiger partial charge in [0.2, 0.25) is 28.7 Å². The number of hydrogen-bond donors (Lipinski definition) is 2. The predicted molar refractivity (Wildman–Crippen MR) is 236 cm³/mol. The molecule has 3 unspecified atom stereocenters. The van der Waals surface area contributed by atoms with Gasteiger partial charge in [0.25, 0.3) is 11.8 Å². The molecule has 2 aromatic rings. The summed E-state index contributed by atoms with van der Waals surface area (Å²) in [6, 6.07) is 0. The first-order chi connectivity index (χ1) is 29.6. The number of ether oxygens (including phenoxy) is 6. The van der Waals surface area contributed by atoms with Crippen molar-refractivity contribution in [3.05, 3.63) is 9.81 Å². The number of Topliss-reactive ketones (excluding diaryl/α,β-unsaturated/α-hetero) is 4. The third kappa shape index (κ3) is 17.5. The van der Waals surface area contributed by atoms with E-state index >= 15 is 0 Å². The smallest absolute Gasteiger partial charge is 0.270 e. The molecule has 2 aliphatic rings. The molecule has 4 rings (SSSR count). The molecule has 0 radical (unpaired) electrons. The van der Waals surface area contributed by atoms with Gasteiger partial charge in [-0.3, -0.25) is 19.2 Å². The Labute approximate surface area is 376 Å². The fourth-order valence-corrected chi connectivity index (χ4v) is 6.60. The van der Waals surface area contributed by atoms with Crippen LogP contribution in [0.1, 0.15) is 75.7 Å². The quantitative estimate of drug-likeness (QED) is 0.0824. The molecule has 0 spiro atoms. The van der Waals surface area contributed by atoms with E-state index < -0.39 is 59.6 Å². The van der Waals surface area contributed by atoms with Gasteiger partial charge in [-0.1, -0.05) is 12.1 Å². The fourth-order valence-electron chi connectivity index (χ4n) is 5.56. The van der Waals surface area contributed by atoms with Crippen molar-refractivity contribution in [2.75, 3.05) is 102 Å². The number of carbonyl (C=O) groups is 4. The number of hydrogen-bond acceptors (Lipinski definition) is 24. The molecule has 2 N–H and O–H groups in total. The summed E-state index contributed by atoms with van der Waals surface area (Å²) in [4.78, 5) is 75.0. The molecule has 2 fully saturated rings. The van der Waals surface area contributed by atoms with Gasteiger partial charge in [-0.2, -0.15) is 8.75 Å². The Balaban J connectivity index is 0.000000335. The van der Waals surface area contributed by atoms with Crippen LogP contribution in [0.15, 0.2) is 10.4 Å². The fraction of sp³-hybridized carbons (Fsp3) is 0.795. The highest BCUT2D eigenvalue weighted by Crippen LogP contribution is 2.28. The summed E-state index contributed by atoms with van der Waals surface area (Å²) in [5.74, 6) is -0.809. The van der Waals surface area contributed by atoms with Crippen LogP contribution in [0.4, 0.5) is 11.6 Å². The molecule has 2 saturated heterocycles. The largest absolute Gasteiger partial charge is 0.472 e. The van der Waals surface area contributed by atoms with E-state index in [1.165, 1.54) is 20.8 Å². The van der Waals surface area contributed by atoms with Gasteiger partial charge >= 0.3 is 0 Å². The second kappa shape index (κ2) is 24.9. The highest BCUT2D eigenvalue weighted by Gasteiger charge is 2.42. The summed E-state index contributed by atoms with van der Waals surface area (Å²) in [5.41, 5.74) is -3.94. The molecule has 0 saturated carbocycles. The van der Waals surface area contributed by atoms with Gasteiger partial charge in [-0.15, -0.1) is 18.6 Å². The summed E-state index contributed by atoms with van der Waals surface area (Å²) in [6.45, 7) is 22.7. The van der Waals surface area contributed by atoms with Gasteiger partial charge in [0.1, 0.15) is 38.6 Å². The Morgan fingerprint density at radius 1 is 0.667 bits per heavy atom. The summed E-state index contributed by atoms with van der Waals surface area (Å²) in [7, 11) is 0. The number of nitroso groups, excluding NO2 is 2. The third-order valence-electron chi connectivity index (χ3n) is 9.56. The van der Waals surface area contributed by atoms with Crippen LogP contribution in [0.2, 0.25) is 0 Å². The average Bonchev–Trinajstić information content (AvgIpc) is 3.95. The Morgan fingerprint density at radius 2 is 1.10 bits per heavy atom. The van der Waals surface area contributed by atoms with Crippen LogP contribution < -0.4 is 29.9 Å². The molecular formula is C39H64N10O12S2. The molecule has 3 atom stereocenters. The van der Waals surface area contributed by atoms with Crippen molar-refractivity contribution in [1.82, 2.24) is 28.1 Å². The van der Waals surface area contributed by atoms with E-state index in [-0.39, 0.29) is 30.7 Å². The minimum absolute atomic E-state index is 0.0350. The molecule has 2 aromatic heterocycles. The number of ketones is 4. The minimum Gasteiger partial charge on any atom is -0.472 e. The zero-order chi connectivity index (χ0) is 46.8. The number of anilines is 2. The molecule has 63 heavy (non-hydrogen) atoms. The normalized spacial score (nSPS) is 16.8. The number of morpholine rings is 2. The van der Waals surface area contributed by atoms with Crippen LogP contribution in [0.3, 0.4) is 0 Å². The van der Waals surface area contributed by atoms with E-state index in [0.717, 1.165) is 23.5 Å². The van der Waals surface area contributed by atoms with Crippen LogP contribution in [0.25, 0.3) is 0 Å². The van der Waals surface area contributed by atoms with Gasteiger partial charge in [0, 0.05) is 56.8 Å². The van der Waals surface area contributed by atoms with Gasteiger partial charge in [0.05, 0.1) is 49.9 Å². The first-order valence-corrected chi connectivity index (χ1v) is 22.2. The molecule has 4 heterocycles. The molecule has 0 aliphatic carbocycles. The first-order valence-electron chi connectivity index (χ1n) is 20.8. The average molecular weight is 929 g/mol. The van der Waals surface area contributed by atoms with Crippen LogP contribution in [-0.2, 0) is 38.1 Å². The monoisotopic (exact) mass is 928 g/mol. The Kier molecular flexibility index (Phi) is 21.0. The molecule has 2 aliphatic heterocycles. The third-order valence-corrected chi connectivity index (χ3v) is 10.6. The molecule has 0 aromatic carbocycles. The Morgan fingerprint density at radius 3 is 1.48 bits per heavy atom. The maximum atomic E-state index is 12.6. The number of nitrogens with one attached hydrogen (secondary N) is 2. The van der Waals surface area contributed by atoms with Gasteiger partial charge < -0.3 is 48.9 Å². The number of nitrogens with zero attached hydrogens (tertiary/aromatic N) is 8. The van der Waals surface area contributed by atoms with Crippen molar-refractivity contribution in [3.8, 4) is 11.8 Å². The first kappa shape index (κ1) is 53.3. The summed E-state index contributed by atoms with van der Waals surface area (Å²) in [5, 5.41) is 12.1. The lowest BCUT2D eigenvalue weighted by molar-refractivity contribution is -0.143. The maximum absolute atomic E-state index is 12.6. The van der Waals surface area contributed by atoms with Crippen LogP contribution in [-0.4, -0.2) is 167 Å². The Bertz CT molecular complexity index is 1790.